The van der Waals surface area contributed by atoms with Crippen LogP contribution in [0, 0.1) is 5.82 Å². The number of nitrogens with zero attached hydrogens (tertiary/aromatic N) is 1. The van der Waals surface area contributed by atoms with E-state index < -0.39 is 30.4 Å². The Morgan fingerprint density at radius 2 is 1.73 bits per heavy atom. The fraction of sp³-hybridized carbons (Fsp3) is 0.143. The summed E-state index contributed by atoms with van der Waals surface area (Å²) in [5.74, 6) is -2.74. The Morgan fingerprint density at radius 3 is 2.37 bits per heavy atom. The summed E-state index contributed by atoms with van der Waals surface area (Å²) in [6, 6.07) is 10.9. The first-order valence-corrected chi connectivity index (χ1v) is 8.91. The number of ether oxygens (including phenoxy) is 1. The second-order valence-electron chi connectivity index (χ2n) is 6.40. The van der Waals surface area contributed by atoms with Gasteiger partial charge in [0, 0.05) is 6.54 Å². The highest BCUT2D eigenvalue weighted by Crippen LogP contribution is 2.18. The van der Waals surface area contributed by atoms with Crippen LogP contribution < -0.4 is 10.1 Å². The van der Waals surface area contributed by atoms with Gasteiger partial charge in [-0.25, -0.2) is 14.0 Å². The molecule has 1 heterocycles. The normalized spacial score (nSPS) is 15.3. The third kappa shape index (κ3) is 5.07. The second-order valence-corrected chi connectivity index (χ2v) is 6.40. The molecule has 8 nitrogen and oxygen atoms in total. The van der Waals surface area contributed by atoms with E-state index in [0.29, 0.717) is 17.7 Å². The number of urea groups is 1. The molecule has 0 aromatic heterocycles. The quantitative estimate of drug-likeness (QED) is 0.531. The lowest BCUT2D eigenvalue weighted by Crippen LogP contribution is -2.54. The number of amides is 4. The third-order valence-corrected chi connectivity index (χ3v) is 4.28. The summed E-state index contributed by atoms with van der Waals surface area (Å²) in [5.41, 5.74) is 1.01. The molecule has 9 heteroatoms. The molecular weight excluding hydrogens is 395 g/mol. The van der Waals surface area contributed by atoms with E-state index in [0.717, 1.165) is 10.5 Å². The summed E-state index contributed by atoms with van der Waals surface area (Å²) in [6.07, 6.45) is 1.63. The van der Waals surface area contributed by atoms with Crippen molar-refractivity contribution in [2.24, 2.45) is 0 Å². The van der Waals surface area contributed by atoms with E-state index in [1.807, 2.05) is 0 Å². The van der Waals surface area contributed by atoms with Crippen molar-refractivity contribution in [2.75, 3.05) is 13.2 Å². The van der Waals surface area contributed by atoms with E-state index in [2.05, 4.69) is 5.32 Å². The maximum atomic E-state index is 13.0. The number of halogens is 1. The zero-order chi connectivity index (χ0) is 21.7. The molecule has 2 aromatic carbocycles. The van der Waals surface area contributed by atoms with E-state index in [-0.39, 0.29) is 17.9 Å². The summed E-state index contributed by atoms with van der Waals surface area (Å²) in [4.78, 5) is 48.4. The van der Waals surface area contributed by atoms with Crippen LogP contribution in [0.4, 0.5) is 9.18 Å². The van der Waals surface area contributed by atoms with Crippen LogP contribution in [0.25, 0.3) is 6.08 Å². The Kier molecular flexibility index (Phi) is 6.21. The van der Waals surface area contributed by atoms with E-state index in [4.69, 9.17) is 9.84 Å². The van der Waals surface area contributed by atoms with Crippen LogP contribution in [0.2, 0.25) is 0 Å². The van der Waals surface area contributed by atoms with Crippen molar-refractivity contribution in [3.8, 4) is 5.75 Å². The van der Waals surface area contributed by atoms with Gasteiger partial charge in [0.25, 0.3) is 11.8 Å². The van der Waals surface area contributed by atoms with Crippen LogP contribution >= 0.6 is 0 Å². The number of benzene rings is 2. The molecule has 4 amide bonds. The van der Waals surface area contributed by atoms with Crippen LogP contribution in [0.15, 0.2) is 54.1 Å². The summed E-state index contributed by atoms with van der Waals surface area (Å²) >= 11 is 0. The first-order valence-electron chi connectivity index (χ1n) is 8.91. The number of carbonyl (C=O) groups excluding carboxylic acids is 3. The summed E-state index contributed by atoms with van der Waals surface area (Å²) in [7, 11) is 0. The smallest absolute Gasteiger partial charge is 0.341 e. The average Bonchev–Trinajstić information content (AvgIpc) is 2.71. The molecule has 0 aliphatic carbocycles. The van der Waals surface area contributed by atoms with Gasteiger partial charge in [0.05, 0.1) is 0 Å². The number of barbiturate groups is 1. The lowest BCUT2D eigenvalue weighted by atomic mass is 10.1. The van der Waals surface area contributed by atoms with Crippen molar-refractivity contribution < 1.29 is 33.4 Å². The predicted octanol–water partition coefficient (Wildman–Crippen LogP) is 1.99. The van der Waals surface area contributed by atoms with Crippen molar-refractivity contribution in [2.45, 2.75) is 6.42 Å². The maximum absolute atomic E-state index is 13.0. The van der Waals surface area contributed by atoms with Gasteiger partial charge >= 0.3 is 12.0 Å². The number of hydrogen-bond acceptors (Lipinski definition) is 5. The molecule has 0 saturated carbocycles. The molecule has 0 unspecified atom stereocenters. The minimum Gasteiger partial charge on any atom is -0.482 e. The van der Waals surface area contributed by atoms with Crippen molar-refractivity contribution >= 4 is 29.9 Å². The lowest BCUT2D eigenvalue weighted by molar-refractivity contribution is -0.139. The lowest BCUT2D eigenvalue weighted by Gasteiger charge is -2.26. The van der Waals surface area contributed by atoms with Gasteiger partial charge in [-0.05, 0) is 47.9 Å². The second kappa shape index (κ2) is 8.99. The first-order chi connectivity index (χ1) is 14.3. The molecule has 0 bridgehead atoms. The Morgan fingerprint density at radius 1 is 1.07 bits per heavy atom. The molecule has 3 rings (SSSR count). The number of aliphatic carboxylic acids is 1. The van der Waals surface area contributed by atoms with Gasteiger partial charge in [0.1, 0.15) is 17.1 Å². The number of hydrogen-bond donors (Lipinski definition) is 2. The zero-order valence-electron chi connectivity index (χ0n) is 15.6. The molecule has 0 atom stereocenters. The number of imide groups is 2. The number of rotatable bonds is 7. The Balaban J connectivity index is 1.72. The first kappa shape index (κ1) is 20.7. The number of nitrogens with one attached hydrogen (secondary N) is 1. The van der Waals surface area contributed by atoms with Gasteiger partial charge in [-0.15, -0.1) is 0 Å². The van der Waals surface area contributed by atoms with Crippen molar-refractivity contribution in [3.63, 3.8) is 0 Å². The SMILES string of the molecule is O=C(O)COc1ccc(/C=C2\C(=O)NC(=O)N(CCc3ccc(F)cc3)C2=O)cc1. The minimum atomic E-state index is -1.11. The van der Waals surface area contributed by atoms with Gasteiger partial charge in [0.2, 0.25) is 0 Å². The monoisotopic (exact) mass is 412 g/mol. The van der Waals surface area contributed by atoms with Crippen LogP contribution in [0.1, 0.15) is 11.1 Å². The molecule has 1 saturated heterocycles. The van der Waals surface area contributed by atoms with Crippen molar-refractivity contribution in [1.82, 2.24) is 10.2 Å². The number of carboxylic acid groups (broad SMARTS) is 1. The third-order valence-electron chi connectivity index (χ3n) is 4.28. The van der Waals surface area contributed by atoms with Crippen LogP contribution in [-0.2, 0) is 20.8 Å². The molecule has 0 radical (unpaired) electrons. The Labute approximate surface area is 170 Å². The highest BCUT2D eigenvalue weighted by atomic mass is 19.1. The molecular formula is C21H17FN2O6. The Bertz CT molecular complexity index is 1010. The molecule has 154 valence electrons. The van der Waals surface area contributed by atoms with Crippen LogP contribution in [0.5, 0.6) is 5.75 Å². The predicted molar refractivity (Wildman–Crippen MR) is 103 cm³/mol. The van der Waals surface area contributed by atoms with Gasteiger partial charge in [0.15, 0.2) is 6.61 Å². The summed E-state index contributed by atoms with van der Waals surface area (Å²) < 4.78 is 18.0. The summed E-state index contributed by atoms with van der Waals surface area (Å²) in [6.45, 7) is -0.477. The minimum absolute atomic E-state index is 0.0168. The fourth-order valence-corrected chi connectivity index (χ4v) is 2.76. The number of carbonyl (C=O) groups is 4. The van der Waals surface area contributed by atoms with E-state index in [9.17, 15) is 23.6 Å². The maximum Gasteiger partial charge on any atom is 0.341 e. The van der Waals surface area contributed by atoms with E-state index in [1.54, 1.807) is 24.3 Å². The van der Waals surface area contributed by atoms with Gasteiger partial charge in [-0.1, -0.05) is 24.3 Å². The zero-order valence-corrected chi connectivity index (χ0v) is 15.6. The van der Waals surface area contributed by atoms with Gasteiger partial charge in [-0.3, -0.25) is 19.8 Å². The highest BCUT2D eigenvalue weighted by Gasteiger charge is 2.35. The van der Waals surface area contributed by atoms with E-state index in [1.165, 1.54) is 30.3 Å². The van der Waals surface area contributed by atoms with Crippen molar-refractivity contribution in [3.05, 3.63) is 71.0 Å². The fourth-order valence-electron chi connectivity index (χ4n) is 2.76. The van der Waals surface area contributed by atoms with Gasteiger partial charge in [-0.2, -0.15) is 0 Å². The molecule has 2 N–H and O–H groups in total. The number of carboxylic acids is 1. The standard InChI is InChI=1S/C21H17FN2O6/c22-15-5-1-13(2-6-15)9-10-24-20(28)17(19(27)23-21(24)29)11-14-3-7-16(8-4-14)30-12-18(25)26/h1-8,11H,9-10,12H2,(H,25,26)(H,23,27,29)/b17-11+. The van der Waals surface area contributed by atoms with Gasteiger partial charge < -0.3 is 9.84 Å². The van der Waals surface area contributed by atoms with Crippen molar-refractivity contribution in [1.29, 1.82) is 0 Å². The molecule has 0 spiro atoms. The topological polar surface area (TPSA) is 113 Å². The summed E-state index contributed by atoms with van der Waals surface area (Å²) in [5, 5.41) is 10.7. The Hall–Kier alpha value is -4.01. The molecule has 1 aliphatic heterocycles. The largest absolute Gasteiger partial charge is 0.482 e. The highest BCUT2D eigenvalue weighted by molar-refractivity contribution is 6.31. The van der Waals surface area contributed by atoms with Crippen LogP contribution in [-0.4, -0.2) is 47.0 Å². The van der Waals surface area contributed by atoms with Crippen LogP contribution in [0.3, 0.4) is 0 Å². The van der Waals surface area contributed by atoms with E-state index >= 15 is 0 Å². The average molecular weight is 412 g/mol. The molecule has 2 aromatic rings. The molecule has 1 aliphatic rings. The molecule has 1 fully saturated rings. The molecule has 30 heavy (non-hydrogen) atoms.